The lowest BCUT2D eigenvalue weighted by Crippen LogP contribution is -2.16. The molecule has 0 saturated heterocycles. The zero-order valence-corrected chi connectivity index (χ0v) is 10.9. The summed E-state index contributed by atoms with van der Waals surface area (Å²) in [7, 11) is 0. The van der Waals surface area contributed by atoms with Gasteiger partial charge >= 0.3 is 0 Å². The van der Waals surface area contributed by atoms with E-state index >= 15 is 0 Å². The second-order valence-corrected chi connectivity index (χ2v) is 4.41. The molecule has 0 unspecified atom stereocenters. The van der Waals surface area contributed by atoms with Crippen LogP contribution in [0.4, 0.5) is 5.82 Å². The Balaban J connectivity index is 2.14. The number of carbonyl (C=O) groups is 1. The third-order valence-corrected chi connectivity index (χ3v) is 2.84. The Kier molecular flexibility index (Phi) is 3.58. The molecular formula is C12H12BrN3O. The minimum Gasteiger partial charge on any atom is -0.344 e. The summed E-state index contributed by atoms with van der Waals surface area (Å²) in [4.78, 5) is 16.1. The maximum atomic E-state index is 12.0. The van der Waals surface area contributed by atoms with Gasteiger partial charge in [0.1, 0.15) is 11.5 Å². The summed E-state index contributed by atoms with van der Waals surface area (Å²) in [5.74, 6) is 0.397. The van der Waals surface area contributed by atoms with E-state index in [-0.39, 0.29) is 5.91 Å². The topological polar surface area (TPSA) is 46.9 Å². The third-order valence-electron chi connectivity index (χ3n) is 2.37. The molecule has 2 aromatic heterocycles. The number of hydrogen-bond donors (Lipinski definition) is 1. The number of halogens is 1. The second-order valence-electron chi connectivity index (χ2n) is 3.50. The summed E-state index contributed by atoms with van der Waals surface area (Å²) in [6.45, 7) is 2.76. The van der Waals surface area contributed by atoms with E-state index < -0.39 is 0 Å². The van der Waals surface area contributed by atoms with Gasteiger partial charge in [0, 0.05) is 23.4 Å². The molecule has 0 aliphatic carbocycles. The molecular weight excluding hydrogens is 282 g/mol. The first-order valence-electron chi connectivity index (χ1n) is 5.28. The number of anilines is 1. The van der Waals surface area contributed by atoms with E-state index in [1.807, 2.05) is 29.8 Å². The molecule has 0 bridgehead atoms. The fraction of sp³-hybridized carbons (Fsp3) is 0.167. The van der Waals surface area contributed by atoms with Crippen molar-refractivity contribution in [2.75, 3.05) is 5.32 Å². The summed E-state index contributed by atoms with van der Waals surface area (Å²) in [5, 5.41) is 2.75. The van der Waals surface area contributed by atoms with Gasteiger partial charge in [0.25, 0.3) is 5.91 Å². The molecule has 0 spiro atoms. The quantitative estimate of drug-likeness (QED) is 0.946. The summed E-state index contributed by atoms with van der Waals surface area (Å²) >= 11 is 3.29. The van der Waals surface area contributed by atoms with E-state index in [0.29, 0.717) is 11.5 Å². The van der Waals surface area contributed by atoms with Gasteiger partial charge in [-0.15, -0.1) is 0 Å². The number of aryl methyl sites for hydroxylation is 1. The largest absolute Gasteiger partial charge is 0.344 e. The molecule has 0 aromatic carbocycles. The van der Waals surface area contributed by atoms with Gasteiger partial charge in [0.2, 0.25) is 0 Å². The van der Waals surface area contributed by atoms with Crippen LogP contribution in [-0.4, -0.2) is 15.5 Å². The summed E-state index contributed by atoms with van der Waals surface area (Å²) in [5.41, 5.74) is 0.636. The predicted molar refractivity (Wildman–Crippen MR) is 70.0 cm³/mol. The molecule has 4 nitrogen and oxygen atoms in total. The van der Waals surface area contributed by atoms with Crippen molar-refractivity contribution in [3.8, 4) is 0 Å². The monoisotopic (exact) mass is 293 g/mol. The Morgan fingerprint density at radius 2 is 2.29 bits per heavy atom. The minimum absolute atomic E-state index is 0.147. The highest BCUT2D eigenvalue weighted by atomic mass is 79.9. The van der Waals surface area contributed by atoms with E-state index in [2.05, 4.69) is 26.2 Å². The normalized spacial score (nSPS) is 10.2. The van der Waals surface area contributed by atoms with Gasteiger partial charge in [-0.2, -0.15) is 0 Å². The third kappa shape index (κ3) is 2.74. The van der Waals surface area contributed by atoms with Crippen LogP contribution in [0.15, 0.2) is 41.1 Å². The molecule has 88 valence electrons. The lowest BCUT2D eigenvalue weighted by Gasteiger charge is -2.07. The van der Waals surface area contributed by atoms with E-state index in [4.69, 9.17) is 0 Å². The molecule has 1 N–H and O–H groups in total. The molecule has 2 aromatic rings. The van der Waals surface area contributed by atoms with Crippen molar-refractivity contribution < 1.29 is 4.79 Å². The second kappa shape index (κ2) is 5.14. The Hall–Kier alpha value is -1.62. The smallest absolute Gasteiger partial charge is 0.273 e. The summed E-state index contributed by atoms with van der Waals surface area (Å²) in [6, 6.07) is 7.23. The number of rotatable bonds is 3. The van der Waals surface area contributed by atoms with Crippen LogP contribution < -0.4 is 5.32 Å². The van der Waals surface area contributed by atoms with Crippen LogP contribution in [-0.2, 0) is 6.54 Å². The number of carbonyl (C=O) groups excluding carboxylic acids is 1. The number of hydrogen-bond acceptors (Lipinski definition) is 2. The van der Waals surface area contributed by atoms with Crippen LogP contribution in [0.2, 0.25) is 0 Å². The minimum atomic E-state index is -0.147. The van der Waals surface area contributed by atoms with Crippen molar-refractivity contribution in [3.05, 3.63) is 46.8 Å². The van der Waals surface area contributed by atoms with E-state index in [0.717, 1.165) is 11.0 Å². The first-order chi connectivity index (χ1) is 8.20. The zero-order chi connectivity index (χ0) is 12.3. The number of aromatic nitrogens is 2. The molecule has 0 fully saturated rings. The number of amides is 1. The van der Waals surface area contributed by atoms with E-state index in [1.54, 1.807) is 18.3 Å². The van der Waals surface area contributed by atoms with Crippen LogP contribution in [0, 0.1) is 0 Å². The SMILES string of the molecule is CCn1cccc1C(=O)Nc1ccc(Br)cn1. The van der Waals surface area contributed by atoms with Gasteiger partial charge in [-0.05, 0) is 47.1 Å². The Morgan fingerprint density at radius 3 is 2.94 bits per heavy atom. The Labute approximate surface area is 108 Å². The van der Waals surface area contributed by atoms with Crippen molar-refractivity contribution in [2.45, 2.75) is 13.5 Å². The highest BCUT2D eigenvalue weighted by Gasteiger charge is 2.10. The summed E-state index contributed by atoms with van der Waals surface area (Å²) in [6.07, 6.45) is 3.53. The Morgan fingerprint density at radius 1 is 1.47 bits per heavy atom. The van der Waals surface area contributed by atoms with E-state index in [9.17, 15) is 4.79 Å². The van der Waals surface area contributed by atoms with Crippen LogP contribution in [0.3, 0.4) is 0 Å². The van der Waals surface area contributed by atoms with Crippen LogP contribution in [0.25, 0.3) is 0 Å². The average molecular weight is 294 g/mol. The van der Waals surface area contributed by atoms with Crippen LogP contribution in [0.5, 0.6) is 0 Å². The molecule has 0 aliphatic heterocycles. The van der Waals surface area contributed by atoms with Gasteiger partial charge in [-0.25, -0.2) is 4.98 Å². The lowest BCUT2D eigenvalue weighted by molar-refractivity contribution is 0.101. The molecule has 1 amide bonds. The molecule has 0 radical (unpaired) electrons. The molecule has 0 atom stereocenters. The highest BCUT2D eigenvalue weighted by molar-refractivity contribution is 9.10. The zero-order valence-electron chi connectivity index (χ0n) is 9.35. The number of pyridine rings is 1. The number of nitrogens with one attached hydrogen (secondary N) is 1. The van der Waals surface area contributed by atoms with Crippen molar-refractivity contribution >= 4 is 27.7 Å². The van der Waals surface area contributed by atoms with E-state index in [1.165, 1.54) is 0 Å². The Bertz CT molecular complexity index is 519. The fourth-order valence-electron chi connectivity index (χ4n) is 1.53. The van der Waals surface area contributed by atoms with Crippen molar-refractivity contribution in [1.82, 2.24) is 9.55 Å². The fourth-order valence-corrected chi connectivity index (χ4v) is 1.76. The van der Waals surface area contributed by atoms with Crippen LogP contribution in [0.1, 0.15) is 17.4 Å². The first kappa shape index (κ1) is 11.9. The molecule has 0 saturated carbocycles. The van der Waals surface area contributed by atoms with Gasteiger partial charge in [0.15, 0.2) is 0 Å². The average Bonchev–Trinajstić information content (AvgIpc) is 2.80. The van der Waals surface area contributed by atoms with Crippen molar-refractivity contribution in [1.29, 1.82) is 0 Å². The van der Waals surface area contributed by atoms with Crippen molar-refractivity contribution in [2.24, 2.45) is 0 Å². The lowest BCUT2D eigenvalue weighted by atomic mass is 10.4. The number of nitrogens with zero attached hydrogens (tertiary/aromatic N) is 2. The van der Waals surface area contributed by atoms with Gasteiger partial charge < -0.3 is 9.88 Å². The molecule has 17 heavy (non-hydrogen) atoms. The van der Waals surface area contributed by atoms with Crippen molar-refractivity contribution in [3.63, 3.8) is 0 Å². The van der Waals surface area contributed by atoms with Gasteiger partial charge in [-0.3, -0.25) is 4.79 Å². The molecule has 0 aliphatic rings. The standard InChI is InChI=1S/C12H12BrN3O/c1-2-16-7-3-4-10(16)12(17)15-11-6-5-9(13)8-14-11/h3-8H,2H2,1H3,(H,14,15,17). The first-order valence-corrected chi connectivity index (χ1v) is 6.08. The van der Waals surface area contributed by atoms with Crippen LogP contribution >= 0.6 is 15.9 Å². The van der Waals surface area contributed by atoms with Gasteiger partial charge in [0.05, 0.1) is 0 Å². The maximum Gasteiger partial charge on any atom is 0.273 e. The molecule has 5 heteroatoms. The summed E-state index contributed by atoms with van der Waals surface area (Å²) < 4.78 is 2.77. The maximum absolute atomic E-state index is 12.0. The molecule has 2 heterocycles. The molecule has 2 rings (SSSR count). The predicted octanol–water partition coefficient (Wildman–Crippen LogP) is 2.92. The van der Waals surface area contributed by atoms with Gasteiger partial charge in [-0.1, -0.05) is 0 Å². The highest BCUT2D eigenvalue weighted by Crippen LogP contribution is 2.12.